The molecule has 0 unspecified atom stereocenters. The predicted molar refractivity (Wildman–Crippen MR) is 111 cm³/mol. The van der Waals surface area contributed by atoms with Crippen LogP contribution in [0.25, 0.3) is 16.9 Å². The van der Waals surface area contributed by atoms with E-state index < -0.39 is 0 Å². The average Bonchev–Trinajstić information content (AvgIpc) is 3.04. The van der Waals surface area contributed by atoms with E-state index in [4.69, 9.17) is 9.72 Å². The molecule has 0 fully saturated rings. The van der Waals surface area contributed by atoms with Crippen molar-refractivity contribution in [1.82, 2.24) is 19.9 Å². The van der Waals surface area contributed by atoms with Crippen LogP contribution in [0.1, 0.15) is 57.7 Å². The van der Waals surface area contributed by atoms with Crippen LogP contribution in [0, 0.1) is 0 Å². The fourth-order valence-electron chi connectivity index (χ4n) is 2.82. The Morgan fingerprint density at radius 2 is 1.68 bits per heavy atom. The van der Waals surface area contributed by atoms with Gasteiger partial charge in [0.15, 0.2) is 5.65 Å². The zero-order valence-electron chi connectivity index (χ0n) is 17.6. The maximum Gasteiger partial charge on any atom is 0.270 e. The van der Waals surface area contributed by atoms with Gasteiger partial charge < -0.3 is 10.1 Å². The molecule has 2 aromatic heterocycles. The highest BCUT2D eigenvalue weighted by Gasteiger charge is 2.23. The number of carbonyl (C=O) groups is 1. The van der Waals surface area contributed by atoms with Gasteiger partial charge in [-0.25, -0.2) is 9.50 Å². The largest absolute Gasteiger partial charge is 0.497 e. The minimum absolute atomic E-state index is 0.147. The average molecular weight is 380 g/mol. The number of fused-ring (bicyclic) bond motifs is 1. The molecule has 3 aromatic rings. The molecule has 1 amide bonds. The second-order valence-electron chi connectivity index (χ2n) is 9.01. The van der Waals surface area contributed by atoms with Gasteiger partial charge in [-0.15, -0.1) is 0 Å². The molecule has 0 radical (unpaired) electrons. The van der Waals surface area contributed by atoms with Gasteiger partial charge in [0.25, 0.3) is 5.91 Å². The quantitative estimate of drug-likeness (QED) is 0.738. The van der Waals surface area contributed by atoms with Gasteiger partial charge in [0.05, 0.1) is 18.5 Å². The lowest BCUT2D eigenvalue weighted by Gasteiger charge is -2.21. The summed E-state index contributed by atoms with van der Waals surface area (Å²) in [4.78, 5) is 17.8. The van der Waals surface area contributed by atoms with Gasteiger partial charge in [0.2, 0.25) is 0 Å². The monoisotopic (exact) mass is 380 g/mol. The number of methoxy groups -OCH3 is 1. The number of benzene rings is 1. The molecule has 6 nitrogen and oxygen atoms in total. The molecule has 0 bridgehead atoms. The van der Waals surface area contributed by atoms with Crippen LogP contribution in [0.3, 0.4) is 0 Å². The molecule has 0 atom stereocenters. The summed E-state index contributed by atoms with van der Waals surface area (Å²) < 4.78 is 6.87. The second kappa shape index (κ2) is 6.93. The van der Waals surface area contributed by atoms with Crippen LogP contribution >= 0.6 is 0 Å². The molecule has 28 heavy (non-hydrogen) atoms. The van der Waals surface area contributed by atoms with Crippen LogP contribution in [0.5, 0.6) is 5.75 Å². The Morgan fingerprint density at radius 1 is 1.04 bits per heavy atom. The molecule has 3 rings (SSSR count). The Morgan fingerprint density at radius 3 is 2.21 bits per heavy atom. The van der Waals surface area contributed by atoms with Gasteiger partial charge in [0.1, 0.15) is 11.4 Å². The van der Waals surface area contributed by atoms with Gasteiger partial charge in [-0.05, 0) is 51.1 Å². The Kier molecular flexibility index (Phi) is 4.91. The van der Waals surface area contributed by atoms with E-state index >= 15 is 0 Å². The van der Waals surface area contributed by atoms with Crippen molar-refractivity contribution in [1.29, 1.82) is 0 Å². The normalized spacial score (nSPS) is 12.2. The number of carbonyl (C=O) groups excluding carboxylic acids is 1. The fraction of sp³-hybridized carbons (Fsp3) is 0.409. The van der Waals surface area contributed by atoms with E-state index in [1.807, 2.05) is 51.1 Å². The zero-order valence-corrected chi connectivity index (χ0v) is 17.6. The lowest BCUT2D eigenvalue weighted by Crippen LogP contribution is -2.41. The third-order valence-corrected chi connectivity index (χ3v) is 4.30. The van der Waals surface area contributed by atoms with E-state index in [9.17, 15) is 4.79 Å². The molecular formula is C22H28N4O2. The number of hydrogen-bond acceptors (Lipinski definition) is 4. The first-order valence-electron chi connectivity index (χ1n) is 9.36. The molecule has 0 aliphatic carbocycles. The van der Waals surface area contributed by atoms with Crippen molar-refractivity contribution in [2.24, 2.45) is 0 Å². The third kappa shape index (κ3) is 4.16. The van der Waals surface area contributed by atoms with E-state index in [2.05, 4.69) is 31.2 Å². The topological polar surface area (TPSA) is 68.5 Å². The molecule has 0 aliphatic rings. The highest BCUT2D eigenvalue weighted by Crippen LogP contribution is 2.26. The number of amides is 1. The minimum Gasteiger partial charge on any atom is -0.497 e. The number of rotatable bonds is 3. The molecule has 2 heterocycles. The van der Waals surface area contributed by atoms with Crippen molar-refractivity contribution in [3.05, 3.63) is 47.8 Å². The Labute approximate surface area is 165 Å². The number of aromatic nitrogens is 3. The molecule has 0 aliphatic heterocycles. The summed E-state index contributed by atoms with van der Waals surface area (Å²) in [6.45, 7) is 12.1. The maximum absolute atomic E-state index is 13.0. The first-order chi connectivity index (χ1) is 13.0. The molecule has 6 heteroatoms. The van der Waals surface area contributed by atoms with Gasteiger partial charge in [-0.3, -0.25) is 4.79 Å². The molecule has 1 aromatic carbocycles. The van der Waals surface area contributed by atoms with E-state index in [0.29, 0.717) is 11.3 Å². The maximum atomic E-state index is 13.0. The summed E-state index contributed by atoms with van der Waals surface area (Å²) in [6.07, 6.45) is 0. The molecule has 1 N–H and O–H groups in total. The van der Waals surface area contributed by atoms with E-state index in [1.165, 1.54) is 0 Å². The van der Waals surface area contributed by atoms with Crippen LogP contribution in [-0.2, 0) is 5.41 Å². The van der Waals surface area contributed by atoms with Gasteiger partial charge >= 0.3 is 0 Å². The summed E-state index contributed by atoms with van der Waals surface area (Å²) in [5.74, 6) is 0.591. The number of hydrogen-bond donors (Lipinski definition) is 1. The summed E-state index contributed by atoms with van der Waals surface area (Å²) in [5, 5.41) is 7.70. The van der Waals surface area contributed by atoms with Crippen molar-refractivity contribution < 1.29 is 9.53 Å². The van der Waals surface area contributed by atoms with Crippen molar-refractivity contribution >= 4 is 11.6 Å². The molecule has 0 saturated carbocycles. The van der Waals surface area contributed by atoms with Crippen molar-refractivity contribution in [3.8, 4) is 17.0 Å². The van der Waals surface area contributed by atoms with Crippen molar-refractivity contribution in [3.63, 3.8) is 0 Å². The summed E-state index contributed by atoms with van der Waals surface area (Å²) in [6, 6.07) is 11.4. The van der Waals surface area contributed by atoms with E-state index in [0.717, 1.165) is 22.7 Å². The molecule has 0 saturated heterocycles. The summed E-state index contributed by atoms with van der Waals surface area (Å²) >= 11 is 0. The molecule has 148 valence electrons. The predicted octanol–water partition coefficient (Wildman–Crippen LogP) is 4.23. The highest BCUT2D eigenvalue weighted by atomic mass is 16.5. The smallest absolute Gasteiger partial charge is 0.270 e. The lowest BCUT2D eigenvalue weighted by molar-refractivity contribution is 0.0911. The standard InChI is InChI=1S/C22H28N4O2/c1-21(2,3)18-13-19-23-16(14-8-10-15(28-7)11-9-14)12-17(26(19)25-18)20(27)24-22(4,5)6/h8-13H,1-7H3,(H,24,27). The third-order valence-electron chi connectivity index (χ3n) is 4.30. The van der Waals surface area contributed by atoms with Crippen LogP contribution < -0.4 is 10.1 Å². The van der Waals surface area contributed by atoms with Crippen molar-refractivity contribution in [2.75, 3.05) is 7.11 Å². The first kappa shape index (κ1) is 19.9. The van der Waals surface area contributed by atoms with Crippen LogP contribution in [0.2, 0.25) is 0 Å². The van der Waals surface area contributed by atoms with Gasteiger partial charge in [-0.2, -0.15) is 5.10 Å². The minimum atomic E-state index is -0.354. The van der Waals surface area contributed by atoms with Crippen LogP contribution in [-0.4, -0.2) is 33.2 Å². The highest BCUT2D eigenvalue weighted by molar-refractivity contribution is 5.94. The van der Waals surface area contributed by atoms with Crippen LogP contribution in [0.15, 0.2) is 36.4 Å². The summed E-state index contributed by atoms with van der Waals surface area (Å²) in [5.41, 5.74) is 3.12. The fourth-order valence-corrected chi connectivity index (χ4v) is 2.82. The zero-order chi connectivity index (χ0) is 20.7. The molecular weight excluding hydrogens is 352 g/mol. The number of nitrogens with one attached hydrogen (secondary N) is 1. The Bertz CT molecular complexity index is 1010. The Hall–Kier alpha value is -2.89. The van der Waals surface area contributed by atoms with Crippen molar-refractivity contribution in [2.45, 2.75) is 52.5 Å². The summed E-state index contributed by atoms with van der Waals surface area (Å²) in [7, 11) is 1.63. The first-order valence-corrected chi connectivity index (χ1v) is 9.36. The lowest BCUT2D eigenvalue weighted by atomic mass is 9.93. The van der Waals surface area contributed by atoms with E-state index in [1.54, 1.807) is 17.7 Å². The van der Waals surface area contributed by atoms with Gasteiger partial charge in [-0.1, -0.05) is 20.8 Å². The van der Waals surface area contributed by atoms with Gasteiger partial charge in [0, 0.05) is 22.6 Å². The van der Waals surface area contributed by atoms with Crippen LogP contribution in [0.4, 0.5) is 0 Å². The SMILES string of the molecule is COc1ccc(-c2cc(C(=O)NC(C)(C)C)n3nc(C(C)(C)C)cc3n2)cc1. The van der Waals surface area contributed by atoms with E-state index in [-0.39, 0.29) is 16.9 Å². The number of ether oxygens (including phenoxy) is 1. The Balaban J connectivity index is 2.18. The second-order valence-corrected chi connectivity index (χ2v) is 9.01. The molecule has 0 spiro atoms. The number of nitrogens with zero attached hydrogens (tertiary/aromatic N) is 3.